The van der Waals surface area contributed by atoms with Gasteiger partial charge in [-0.15, -0.1) is 10.2 Å². The maximum Gasteiger partial charge on any atom is 0.278 e. The summed E-state index contributed by atoms with van der Waals surface area (Å²) in [5, 5.41) is 25.5. The molecule has 0 aliphatic carbocycles. The summed E-state index contributed by atoms with van der Waals surface area (Å²) < 4.78 is 2.20. The molecule has 3 aromatic rings. The predicted octanol–water partition coefficient (Wildman–Crippen LogP) is 4.16. The highest BCUT2D eigenvalue weighted by Gasteiger charge is 2.15. The van der Waals surface area contributed by atoms with Crippen LogP contribution in [0.2, 0.25) is 0 Å². The minimum absolute atomic E-state index is 0.0695. The van der Waals surface area contributed by atoms with Crippen molar-refractivity contribution in [2.75, 3.05) is 18.1 Å². The zero-order valence-electron chi connectivity index (χ0n) is 16.3. The molecule has 1 aromatic carbocycles. The van der Waals surface area contributed by atoms with Gasteiger partial charge in [0.1, 0.15) is 5.82 Å². The fourth-order valence-corrected chi connectivity index (χ4v) is 3.68. The normalized spacial score (nSPS) is 11.3. The first-order valence-electron chi connectivity index (χ1n) is 9.22. The molecule has 28 heavy (non-hydrogen) atoms. The Morgan fingerprint density at radius 1 is 1.25 bits per heavy atom. The van der Waals surface area contributed by atoms with Crippen LogP contribution in [0.5, 0.6) is 0 Å². The second-order valence-corrected chi connectivity index (χ2v) is 7.72. The number of nitrogens with zero attached hydrogens (tertiary/aromatic N) is 5. The molecular weight excluding hydrogens is 376 g/mol. The first-order valence-corrected chi connectivity index (χ1v) is 10.4. The molecular formula is C19H24N6O2S. The molecule has 0 unspecified atom stereocenters. The fraction of sp³-hybridized carbons (Fsp3) is 0.421. The van der Waals surface area contributed by atoms with Gasteiger partial charge in [0.05, 0.1) is 10.3 Å². The van der Waals surface area contributed by atoms with Gasteiger partial charge in [0.25, 0.3) is 5.69 Å². The first-order chi connectivity index (χ1) is 13.5. The second kappa shape index (κ2) is 9.01. The summed E-state index contributed by atoms with van der Waals surface area (Å²) in [6.45, 7) is 6.01. The summed E-state index contributed by atoms with van der Waals surface area (Å²) in [6, 6.07) is 5.08. The summed E-state index contributed by atoms with van der Waals surface area (Å²) >= 11 is 1.61. The van der Waals surface area contributed by atoms with Crippen LogP contribution >= 0.6 is 11.8 Å². The molecule has 0 fully saturated rings. The largest absolute Gasteiger partial charge is 0.385 e. The van der Waals surface area contributed by atoms with Gasteiger partial charge < -0.3 is 9.88 Å². The van der Waals surface area contributed by atoms with Gasteiger partial charge in [-0.1, -0.05) is 25.6 Å². The van der Waals surface area contributed by atoms with Crippen molar-refractivity contribution in [3.05, 3.63) is 46.5 Å². The summed E-state index contributed by atoms with van der Waals surface area (Å²) in [5.74, 6) is 1.52. The number of rotatable bonds is 9. The van der Waals surface area contributed by atoms with Crippen LogP contribution in [-0.4, -0.2) is 37.5 Å². The molecule has 0 saturated carbocycles. The topological polar surface area (TPSA) is 98.8 Å². The van der Waals surface area contributed by atoms with Gasteiger partial charge in [-0.2, -0.15) is 0 Å². The summed E-state index contributed by atoms with van der Waals surface area (Å²) in [4.78, 5) is 14.9. The number of thioether (sulfide) groups is 1. The third-order valence-electron chi connectivity index (χ3n) is 4.41. The Hall–Kier alpha value is -2.68. The van der Waals surface area contributed by atoms with Gasteiger partial charge in [-0.25, -0.2) is 0 Å². The van der Waals surface area contributed by atoms with Crippen molar-refractivity contribution in [1.29, 1.82) is 0 Å². The number of hydrogen-bond acceptors (Lipinski definition) is 7. The number of hydrogen-bond donors (Lipinski definition) is 1. The molecule has 2 heterocycles. The minimum atomic E-state index is -0.376. The number of aromatic nitrogens is 4. The molecule has 0 aliphatic heterocycles. The van der Waals surface area contributed by atoms with Crippen LogP contribution in [0.25, 0.3) is 10.8 Å². The lowest BCUT2D eigenvalue weighted by atomic mass is 10.1. The van der Waals surface area contributed by atoms with Gasteiger partial charge >= 0.3 is 0 Å². The molecule has 0 saturated heterocycles. The Morgan fingerprint density at radius 3 is 2.79 bits per heavy atom. The number of fused-ring (bicyclic) bond motifs is 1. The quantitative estimate of drug-likeness (QED) is 0.249. The summed E-state index contributed by atoms with van der Waals surface area (Å²) in [6.07, 6.45) is 6.90. The lowest BCUT2D eigenvalue weighted by Gasteiger charge is -2.12. The lowest BCUT2D eigenvalue weighted by Crippen LogP contribution is -2.11. The van der Waals surface area contributed by atoms with Gasteiger partial charge in [0, 0.05) is 49.0 Å². The molecule has 2 aromatic heterocycles. The molecule has 0 spiro atoms. The highest BCUT2D eigenvalue weighted by Crippen LogP contribution is 2.30. The second-order valence-electron chi connectivity index (χ2n) is 6.95. The van der Waals surface area contributed by atoms with E-state index < -0.39 is 0 Å². The fourth-order valence-electron chi connectivity index (χ4n) is 3.16. The average molecular weight is 401 g/mol. The Kier molecular flexibility index (Phi) is 6.45. The number of anilines is 1. The van der Waals surface area contributed by atoms with E-state index in [4.69, 9.17) is 0 Å². The van der Waals surface area contributed by atoms with Crippen molar-refractivity contribution < 1.29 is 4.92 Å². The van der Waals surface area contributed by atoms with Crippen molar-refractivity contribution >= 4 is 33.9 Å². The van der Waals surface area contributed by atoms with E-state index >= 15 is 0 Å². The van der Waals surface area contributed by atoms with Gasteiger partial charge in [-0.3, -0.25) is 15.1 Å². The Balaban J connectivity index is 1.68. The van der Waals surface area contributed by atoms with Crippen LogP contribution in [0.1, 0.15) is 26.1 Å². The number of aryl methyl sites for hydroxylation is 1. The molecule has 0 aliphatic rings. The van der Waals surface area contributed by atoms with E-state index in [0.29, 0.717) is 11.3 Å². The summed E-state index contributed by atoms with van der Waals surface area (Å²) in [5.41, 5.74) is 0.941. The monoisotopic (exact) mass is 400 g/mol. The Morgan fingerprint density at radius 2 is 2.07 bits per heavy atom. The molecule has 8 nitrogen and oxygen atoms in total. The highest BCUT2D eigenvalue weighted by molar-refractivity contribution is 7.98. The van der Waals surface area contributed by atoms with Crippen molar-refractivity contribution in [2.24, 2.45) is 5.92 Å². The molecule has 0 atom stereocenters. The van der Waals surface area contributed by atoms with E-state index in [1.165, 1.54) is 12.3 Å². The molecule has 9 heteroatoms. The average Bonchev–Trinajstić information content (AvgIpc) is 3.05. The van der Waals surface area contributed by atoms with E-state index in [1.807, 2.05) is 6.26 Å². The van der Waals surface area contributed by atoms with Crippen LogP contribution < -0.4 is 5.32 Å². The standard InChI is InChI=1S/C19H24N6O2S/c1-13(2)12-24-18(22-23-19(24)28-3)5-4-9-21-16-6-7-17(25(26)27)15-11-20-10-8-14(15)16/h6-8,10-11,13,21H,4-5,9,12H2,1-3H3. The van der Waals surface area contributed by atoms with Crippen LogP contribution in [0.15, 0.2) is 35.7 Å². The molecule has 0 amide bonds. The van der Waals surface area contributed by atoms with E-state index in [1.54, 1.807) is 30.1 Å². The van der Waals surface area contributed by atoms with Crippen molar-refractivity contribution in [1.82, 2.24) is 19.7 Å². The number of benzene rings is 1. The van der Waals surface area contributed by atoms with E-state index in [0.717, 1.165) is 48.0 Å². The molecule has 148 valence electrons. The third kappa shape index (κ3) is 4.41. The number of nitrogens with one attached hydrogen (secondary N) is 1. The molecule has 1 N–H and O–H groups in total. The molecule has 0 bridgehead atoms. The minimum Gasteiger partial charge on any atom is -0.385 e. The Labute approximate surface area is 167 Å². The van der Waals surface area contributed by atoms with Crippen molar-refractivity contribution in [3.63, 3.8) is 0 Å². The third-order valence-corrected chi connectivity index (χ3v) is 5.08. The van der Waals surface area contributed by atoms with E-state index in [2.05, 4.69) is 38.9 Å². The van der Waals surface area contributed by atoms with E-state index in [9.17, 15) is 10.1 Å². The predicted molar refractivity (Wildman–Crippen MR) is 112 cm³/mol. The maximum absolute atomic E-state index is 11.2. The molecule has 3 rings (SSSR count). The molecule has 0 radical (unpaired) electrons. The Bertz CT molecular complexity index is 972. The number of pyridine rings is 1. The summed E-state index contributed by atoms with van der Waals surface area (Å²) in [7, 11) is 0. The first kappa shape index (κ1) is 20.1. The highest BCUT2D eigenvalue weighted by atomic mass is 32.2. The van der Waals surface area contributed by atoms with Crippen LogP contribution in [-0.2, 0) is 13.0 Å². The van der Waals surface area contributed by atoms with Gasteiger partial charge in [0.2, 0.25) is 0 Å². The zero-order chi connectivity index (χ0) is 20.1. The van der Waals surface area contributed by atoms with Gasteiger partial charge in [0.15, 0.2) is 5.16 Å². The van der Waals surface area contributed by atoms with Gasteiger partial charge in [-0.05, 0) is 30.7 Å². The van der Waals surface area contributed by atoms with Crippen LogP contribution in [0.3, 0.4) is 0 Å². The maximum atomic E-state index is 11.2. The number of non-ortho nitro benzene ring substituents is 1. The zero-order valence-corrected chi connectivity index (χ0v) is 17.1. The van der Waals surface area contributed by atoms with Crippen LogP contribution in [0, 0.1) is 16.0 Å². The van der Waals surface area contributed by atoms with E-state index in [-0.39, 0.29) is 10.6 Å². The van der Waals surface area contributed by atoms with Crippen LogP contribution in [0.4, 0.5) is 11.4 Å². The van der Waals surface area contributed by atoms with Crippen molar-refractivity contribution in [3.8, 4) is 0 Å². The smallest absolute Gasteiger partial charge is 0.278 e. The SMILES string of the molecule is CSc1nnc(CCCNc2ccc([N+](=O)[O-])c3cnccc23)n1CC(C)C. The number of nitro benzene ring substituents is 1. The number of nitro groups is 1. The van der Waals surface area contributed by atoms with Crippen molar-refractivity contribution in [2.45, 2.75) is 38.4 Å². The lowest BCUT2D eigenvalue weighted by molar-refractivity contribution is -0.383.